The van der Waals surface area contributed by atoms with E-state index >= 15 is 0 Å². The number of hydrogen-bond acceptors (Lipinski definition) is 1. The van der Waals surface area contributed by atoms with E-state index in [9.17, 15) is 4.39 Å². The standard InChI is InChI=1S/C9H17FN2/c1-7(10)8(2)11-6-12(3)9-4-5-9/h6-9H,4-5H2,1-3H3/t7-,8?/m1/s1. The molecule has 0 heterocycles. The molecule has 3 heteroatoms. The molecular weight excluding hydrogens is 155 g/mol. The van der Waals surface area contributed by atoms with Gasteiger partial charge in [0.05, 0.1) is 12.4 Å². The topological polar surface area (TPSA) is 15.6 Å². The average molecular weight is 172 g/mol. The first-order valence-electron chi connectivity index (χ1n) is 4.50. The molecule has 1 unspecified atom stereocenters. The van der Waals surface area contributed by atoms with Gasteiger partial charge in [-0.15, -0.1) is 0 Å². The fraction of sp³-hybridized carbons (Fsp3) is 0.889. The van der Waals surface area contributed by atoms with Gasteiger partial charge in [0.25, 0.3) is 0 Å². The molecule has 12 heavy (non-hydrogen) atoms. The van der Waals surface area contributed by atoms with E-state index in [-0.39, 0.29) is 6.04 Å². The molecule has 0 aromatic heterocycles. The second-order valence-electron chi connectivity index (χ2n) is 3.58. The van der Waals surface area contributed by atoms with Crippen molar-refractivity contribution in [2.75, 3.05) is 7.05 Å². The lowest BCUT2D eigenvalue weighted by molar-refractivity contribution is 0.317. The predicted octanol–water partition coefficient (Wildman–Crippen LogP) is 1.86. The third-order valence-corrected chi connectivity index (χ3v) is 2.27. The Balaban J connectivity index is 2.27. The summed E-state index contributed by atoms with van der Waals surface area (Å²) in [5.74, 6) is 0. The molecule has 0 amide bonds. The van der Waals surface area contributed by atoms with Crippen LogP contribution in [0.2, 0.25) is 0 Å². The van der Waals surface area contributed by atoms with Gasteiger partial charge >= 0.3 is 0 Å². The SMILES string of the molecule is CC(N=CN(C)C1CC1)[C@@H](C)F. The van der Waals surface area contributed by atoms with Gasteiger partial charge in [-0.3, -0.25) is 4.99 Å². The molecule has 2 atom stereocenters. The Bertz CT molecular complexity index is 154. The molecule has 1 saturated carbocycles. The first-order valence-corrected chi connectivity index (χ1v) is 4.50. The summed E-state index contributed by atoms with van der Waals surface area (Å²) in [6.07, 6.45) is 3.41. The summed E-state index contributed by atoms with van der Waals surface area (Å²) in [5.41, 5.74) is 0. The summed E-state index contributed by atoms with van der Waals surface area (Å²) in [5, 5.41) is 0. The zero-order chi connectivity index (χ0) is 9.14. The Morgan fingerprint density at radius 3 is 2.50 bits per heavy atom. The van der Waals surface area contributed by atoms with Crippen LogP contribution in [-0.4, -0.2) is 36.5 Å². The molecule has 0 saturated heterocycles. The molecule has 2 nitrogen and oxygen atoms in total. The molecule has 0 bridgehead atoms. The van der Waals surface area contributed by atoms with Crippen LogP contribution in [0.5, 0.6) is 0 Å². The molecule has 0 aromatic carbocycles. The fourth-order valence-electron chi connectivity index (χ4n) is 0.905. The Morgan fingerprint density at radius 2 is 2.08 bits per heavy atom. The molecule has 0 spiro atoms. The second-order valence-corrected chi connectivity index (χ2v) is 3.58. The van der Waals surface area contributed by atoms with Crippen molar-refractivity contribution in [1.82, 2.24) is 4.90 Å². The first-order chi connectivity index (χ1) is 5.61. The Morgan fingerprint density at radius 1 is 1.50 bits per heavy atom. The van der Waals surface area contributed by atoms with Crippen molar-refractivity contribution in [2.24, 2.45) is 4.99 Å². The van der Waals surface area contributed by atoms with Crippen LogP contribution < -0.4 is 0 Å². The summed E-state index contributed by atoms with van der Waals surface area (Å²) in [6.45, 7) is 3.33. The van der Waals surface area contributed by atoms with Crippen LogP contribution in [0.25, 0.3) is 0 Å². The molecule has 0 N–H and O–H groups in total. The van der Waals surface area contributed by atoms with Crippen LogP contribution in [0.3, 0.4) is 0 Å². The summed E-state index contributed by atoms with van der Waals surface area (Å²) in [7, 11) is 2.00. The normalized spacial score (nSPS) is 22.7. The van der Waals surface area contributed by atoms with E-state index in [1.807, 2.05) is 7.05 Å². The number of hydrogen-bond donors (Lipinski definition) is 0. The van der Waals surface area contributed by atoms with E-state index in [0.29, 0.717) is 6.04 Å². The van der Waals surface area contributed by atoms with Gasteiger partial charge in [0.2, 0.25) is 0 Å². The quantitative estimate of drug-likeness (QED) is 0.467. The van der Waals surface area contributed by atoms with Crippen molar-refractivity contribution in [1.29, 1.82) is 0 Å². The number of alkyl halides is 1. The van der Waals surface area contributed by atoms with E-state index < -0.39 is 6.17 Å². The molecular formula is C9H17FN2. The minimum atomic E-state index is -0.853. The maximum atomic E-state index is 12.6. The molecule has 1 fully saturated rings. The van der Waals surface area contributed by atoms with Gasteiger partial charge in [-0.1, -0.05) is 0 Å². The van der Waals surface area contributed by atoms with Gasteiger partial charge in [-0.2, -0.15) is 0 Å². The summed E-state index contributed by atoms with van der Waals surface area (Å²) < 4.78 is 12.6. The molecule has 0 radical (unpaired) electrons. The number of halogens is 1. The first kappa shape index (κ1) is 9.49. The summed E-state index contributed by atoms with van der Waals surface area (Å²) in [4.78, 5) is 6.18. The molecule has 70 valence electrons. The summed E-state index contributed by atoms with van der Waals surface area (Å²) in [6, 6.07) is 0.446. The Hall–Kier alpha value is -0.600. The van der Waals surface area contributed by atoms with Crippen molar-refractivity contribution in [2.45, 2.75) is 44.9 Å². The number of nitrogens with zero attached hydrogens (tertiary/aromatic N) is 2. The lowest BCUT2D eigenvalue weighted by Gasteiger charge is -2.13. The minimum Gasteiger partial charge on any atom is -0.363 e. The monoisotopic (exact) mass is 172 g/mol. The van der Waals surface area contributed by atoms with E-state index in [1.54, 1.807) is 20.2 Å². The molecule has 1 rings (SSSR count). The predicted molar refractivity (Wildman–Crippen MR) is 49.3 cm³/mol. The van der Waals surface area contributed by atoms with E-state index in [0.717, 1.165) is 0 Å². The number of rotatable bonds is 4. The van der Waals surface area contributed by atoms with Gasteiger partial charge in [0.1, 0.15) is 6.17 Å². The van der Waals surface area contributed by atoms with Crippen molar-refractivity contribution in [3.8, 4) is 0 Å². The highest BCUT2D eigenvalue weighted by Gasteiger charge is 2.24. The third kappa shape index (κ3) is 2.80. The molecule has 1 aliphatic rings. The lowest BCUT2D eigenvalue weighted by atomic mass is 10.2. The largest absolute Gasteiger partial charge is 0.363 e. The van der Waals surface area contributed by atoms with Crippen LogP contribution >= 0.6 is 0 Å². The van der Waals surface area contributed by atoms with E-state index in [1.165, 1.54) is 12.8 Å². The lowest BCUT2D eigenvalue weighted by Crippen LogP contribution is -2.21. The zero-order valence-electron chi connectivity index (χ0n) is 8.00. The molecule has 0 aromatic rings. The molecule has 1 aliphatic carbocycles. The fourth-order valence-corrected chi connectivity index (χ4v) is 0.905. The van der Waals surface area contributed by atoms with Gasteiger partial charge < -0.3 is 4.90 Å². The van der Waals surface area contributed by atoms with Gasteiger partial charge in [0, 0.05) is 13.1 Å². The third-order valence-electron chi connectivity index (χ3n) is 2.27. The molecule has 0 aliphatic heterocycles. The maximum absolute atomic E-state index is 12.6. The second kappa shape index (κ2) is 3.87. The Labute approximate surface area is 73.5 Å². The minimum absolute atomic E-state index is 0.216. The van der Waals surface area contributed by atoms with E-state index in [2.05, 4.69) is 9.89 Å². The smallest absolute Gasteiger partial charge is 0.119 e. The van der Waals surface area contributed by atoms with Crippen molar-refractivity contribution in [3.63, 3.8) is 0 Å². The van der Waals surface area contributed by atoms with Crippen LogP contribution in [0.4, 0.5) is 4.39 Å². The van der Waals surface area contributed by atoms with Crippen LogP contribution in [0.1, 0.15) is 26.7 Å². The highest BCUT2D eigenvalue weighted by molar-refractivity contribution is 5.55. The highest BCUT2D eigenvalue weighted by Crippen LogP contribution is 2.24. The Kier molecular flexibility index (Phi) is 3.06. The maximum Gasteiger partial charge on any atom is 0.119 e. The van der Waals surface area contributed by atoms with Crippen LogP contribution in [0.15, 0.2) is 4.99 Å². The highest BCUT2D eigenvalue weighted by atomic mass is 19.1. The van der Waals surface area contributed by atoms with E-state index in [4.69, 9.17) is 0 Å². The van der Waals surface area contributed by atoms with Crippen molar-refractivity contribution >= 4 is 6.34 Å². The van der Waals surface area contributed by atoms with Gasteiger partial charge in [0.15, 0.2) is 0 Å². The van der Waals surface area contributed by atoms with Gasteiger partial charge in [-0.25, -0.2) is 4.39 Å². The average Bonchev–Trinajstić information content (AvgIpc) is 2.81. The van der Waals surface area contributed by atoms with Crippen LogP contribution in [-0.2, 0) is 0 Å². The van der Waals surface area contributed by atoms with Crippen molar-refractivity contribution < 1.29 is 4.39 Å². The van der Waals surface area contributed by atoms with Crippen LogP contribution in [0, 0.1) is 0 Å². The van der Waals surface area contributed by atoms with Crippen molar-refractivity contribution in [3.05, 3.63) is 0 Å². The summed E-state index contributed by atoms with van der Waals surface area (Å²) >= 11 is 0. The van der Waals surface area contributed by atoms with Gasteiger partial charge in [-0.05, 0) is 26.7 Å². The zero-order valence-corrected chi connectivity index (χ0v) is 8.00. The number of aliphatic imine (C=N–C) groups is 1.